The highest BCUT2D eigenvalue weighted by Crippen LogP contribution is 2.48. The molecule has 0 amide bonds. The molecule has 9 heteroatoms. The minimum Gasteiger partial charge on any atom is -0.463 e. The van der Waals surface area contributed by atoms with Crippen molar-refractivity contribution in [3.63, 3.8) is 0 Å². The first-order chi connectivity index (χ1) is 12.9. The van der Waals surface area contributed by atoms with Gasteiger partial charge in [0.05, 0.1) is 26.0 Å². The zero-order valence-corrected chi connectivity index (χ0v) is 16.8. The van der Waals surface area contributed by atoms with Crippen LogP contribution in [0.4, 0.5) is 4.79 Å². The molecule has 152 valence electrons. The Bertz CT molecular complexity index is 609. The van der Waals surface area contributed by atoms with Crippen LogP contribution in [0.25, 0.3) is 0 Å². The van der Waals surface area contributed by atoms with E-state index in [9.17, 15) is 14.2 Å². The first-order valence-corrected chi connectivity index (χ1v) is 10.6. The van der Waals surface area contributed by atoms with Crippen molar-refractivity contribution in [2.24, 2.45) is 0 Å². The number of carbonyl (C=O) groups excluding carboxylic acids is 2. The Labute approximate surface area is 159 Å². The van der Waals surface area contributed by atoms with E-state index in [-0.39, 0.29) is 38.8 Å². The van der Waals surface area contributed by atoms with Crippen LogP contribution in [-0.4, -0.2) is 44.2 Å². The van der Waals surface area contributed by atoms with Crippen LogP contribution < -0.4 is 4.74 Å². The van der Waals surface area contributed by atoms with Gasteiger partial charge in [-0.25, -0.2) is 9.59 Å². The Morgan fingerprint density at radius 2 is 1.63 bits per heavy atom. The quantitative estimate of drug-likeness (QED) is 0.292. The Hall–Kier alpha value is -1.89. The van der Waals surface area contributed by atoms with Gasteiger partial charge in [-0.1, -0.05) is 18.2 Å². The minimum absolute atomic E-state index is 0.0989. The van der Waals surface area contributed by atoms with E-state index in [1.54, 1.807) is 51.1 Å². The van der Waals surface area contributed by atoms with Crippen LogP contribution in [0.2, 0.25) is 0 Å². The highest BCUT2D eigenvalue weighted by Gasteiger charge is 2.28. The molecule has 0 fully saturated rings. The third-order valence-corrected chi connectivity index (χ3v) is 5.45. The maximum Gasteiger partial charge on any atom is 0.514 e. The number of esters is 1. The number of benzene rings is 1. The molecular weight excluding hydrogens is 375 g/mol. The molecule has 0 aromatic heterocycles. The zero-order valence-electron chi connectivity index (χ0n) is 15.9. The second kappa shape index (κ2) is 12.5. The molecule has 27 heavy (non-hydrogen) atoms. The molecule has 0 aliphatic rings. The Balaban J connectivity index is 2.64. The fourth-order valence-corrected chi connectivity index (χ4v) is 3.90. The summed E-state index contributed by atoms with van der Waals surface area (Å²) in [6, 6.07) is 8.34. The van der Waals surface area contributed by atoms with Crippen LogP contribution in [0.3, 0.4) is 0 Å². The first kappa shape index (κ1) is 23.1. The fraction of sp³-hybridized carbons (Fsp3) is 0.556. The number of para-hydroxylation sites is 1. The van der Waals surface area contributed by atoms with Gasteiger partial charge in [-0.05, 0) is 45.7 Å². The van der Waals surface area contributed by atoms with E-state index in [1.165, 1.54) is 0 Å². The van der Waals surface area contributed by atoms with Gasteiger partial charge in [0.25, 0.3) is 0 Å². The van der Waals surface area contributed by atoms with Gasteiger partial charge in [0.1, 0.15) is 5.75 Å². The van der Waals surface area contributed by atoms with Crippen LogP contribution >= 0.6 is 7.60 Å². The summed E-state index contributed by atoms with van der Waals surface area (Å²) in [6.07, 6.45) is -1.71. The molecule has 8 nitrogen and oxygen atoms in total. The van der Waals surface area contributed by atoms with Crippen LogP contribution in [0.1, 0.15) is 33.6 Å². The minimum atomic E-state index is -3.23. The smallest absolute Gasteiger partial charge is 0.463 e. The van der Waals surface area contributed by atoms with Gasteiger partial charge >= 0.3 is 19.7 Å². The summed E-state index contributed by atoms with van der Waals surface area (Å²) in [4.78, 5) is 24.0. The van der Waals surface area contributed by atoms with E-state index in [0.717, 1.165) is 0 Å². The maximum atomic E-state index is 12.5. The molecule has 0 heterocycles. The lowest BCUT2D eigenvalue weighted by Gasteiger charge is -2.19. The number of hydrogen-bond acceptors (Lipinski definition) is 8. The molecule has 0 radical (unpaired) electrons. The Morgan fingerprint density at radius 3 is 2.19 bits per heavy atom. The SMILES string of the molecule is CCOC(=O)C(CCCP(=O)(OCC)OCC)OC(=O)Oc1ccccc1. The lowest BCUT2D eigenvalue weighted by atomic mass is 10.2. The van der Waals surface area contributed by atoms with Crippen molar-refractivity contribution in [3.8, 4) is 5.75 Å². The lowest BCUT2D eigenvalue weighted by molar-refractivity contribution is -0.154. The van der Waals surface area contributed by atoms with Crippen LogP contribution in [0.5, 0.6) is 5.75 Å². The van der Waals surface area contributed by atoms with Crippen molar-refractivity contribution in [2.45, 2.75) is 39.7 Å². The monoisotopic (exact) mass is 402 g/mol. The van der Waals surface area contributed by atoms with Crippen molar-refractivity contribution in [1.82, 2.24) is 0 Å². The Morgan fingerprint density at radius 1 is 1.00 bits per heavy atom. The molecule has 1 unspecified atom stereocenters. The van der Waals surface area contributed by atoms with Crippen LogP contribution in [0.15, 0.2) is 30.3 Å². The molecule has 0 bridgehead atoms. The molecule has 0 spiro atoms. The van der Waals surface area contributed by atoms with E-state index in [2.05, 4.69) is 0 Å². The van der Waals surface area contributed by atoms with Gasteiger partial charge in [0.2, 0.25) is 6.10 Å². The summed E-state index contributed by atoms with van der Waals surface area (Å²) in [5.41, 5.74) is 0. The highest BCUT2D eigenvalue weighted by atomic mass is 31.2. The van der Waals surface area contributed by atoms with Gasteiger partial charge in [-0.2, -0.15) is 0 Å². The van der Waals surface area contributed by atoms with E-state index in [4.69, 9.17) is 23.3 Å². The van der Waals surface area contributed by atoms with Crippen molar-refractivity contribution in [2.75, 3.05) is 26.0 Å². The zero-order chi connectivity index (χ0) is 20.1. The Kier molecular flexibility index (Phi) is 10.7. The summed E-state index contributed by atoms with van der Waals surface area (Å²) in [5, 5.41) is 0. The molecule has 0 N–H and O–H groups in total. The van der Waals surface area contributed by atoms with E-state index in [0.29, 0.717) is 5.75 Å². The van der Waals surface area contributed by atoms with Gasteiger partial charge in [-0.3, -0.25) is 4.57 Å². The second-order valence-electron chi connectivity index (χ2n) is 5.34. The average molecular weight is 402 g/mol. The predicted molar refractivity (Wildman–Crippen MR) is 98.9 cm³/mol. The number of ether oxygens (including phenoxy) is 3. The molecular formula is C18H27O8P. The molecule has 0 aliphatic carbocycles. The molecule has 0 saturated heterocycles. The van der Waals surface area contributed by atoms with Crippen LogP contribution in [-0.2, 0) is 27.9 Å². The molecule has 1 aromatic rings. The van der Waals surface area contributed by atoms with E-state index >= 15 is 0 Å². The molecule has 1 aromatic carbocycles. The molecule has 0 aliphatic heterocycles. The van der Waals surface area contributed by atoms with E-state index in [1.807, 2.05) is 0 Å². The number of rotatable bonds is 12. The topological polar surface area (TPSA) is 97.4 Å². The van der Waals surface area contributed by atoms with Gasteiger partial charge in [-0.15, -0.1) is 0 Å². The summed E-state index contributed by atoms with van der Waals surface area (Å²) >= 11 is 0. The average Bonchev–Trinajstić information content (AvgIpc) is 2.62. The maximum absolute atomic E-state index is 12.5. The standard InChI is InChI=1S/C18H27O8P/c1-4-22-17(19)16(13-10-14-27(21,23-5-2)24-6-3)26-18(20)25-15-11-8-7-9-12-15/h7-9,11-12,16H,4-6,10,13-14H2,1-3H3. The molecule has 0 saturated carbocycles. The summed E-state index contributed by atoms with van der Waals surface area (Å²) in [6.45, 7) is 5.72. The largest absolute Gasteiger partial charge is 0.514 e. The van der Waals surface area contributed by atoms with Crippen molar-refractivity contribution in [1.29, 1.82) is 0 Å². The summed E-state index contributed by atoms with van der Waals surface area (Å²) in [7, 11) is -3.23. The van der Waals surface area contributed by atoms with Crippen molar-refractivity contribution < 1.29 is 37.4 Å². The first-order valence-electron chi connectivity index (χ1n) is 8.92. The number of carbonyl (C=O) groups is 2. The highest BCUT2D eigenvalue weighted by molar-refractivity contribution is 7.53. The van der Waals surface area contributed by atoms with Gasteiger partial charge in [0.15, 0.2) is 0 Å². The second-order valence-corrected chi connectivity index (χ2v) is 7.52. The summed E-state index contributed by atoms with van der Waals surface area (Å²) < 4.78 is 37.9. The van der Waals surface area contributed by atoms with E-state index < -0.39 is 25.8 Å². The van der Waals surface area contributed by atoms with Crippen molar-refractivity contribution in [3.05, 3.63) is 30.3 Å². The molecule has 1 rings (SSSR count). The number of hydrogen-bond donors (Lipinski definition) is 0. The van der Waals surface area contributed by atoms with Crippen molar-refractivity contribution >= 4 is 19.7 Å². The normalized spacial score (nSPS) is 12.3. The van der Waals surface area contributed by atoms with Gasteiger partial charge in [0, 0.05) is 0 Å². The van der Waals surface area contributed by atoms with Gasteiger partial charge < -0.3 is 23.3 Å². The fourth-order valence-electron chi connectivity index (χ4n) is 2.22. The third kappa shape index (κ3) is 9.04. The summed E-state index contributed by atoms with van der Waals surface area (Å²) in [5.74, 6) is -0.396. The third-order valence-electron chi connectivity index (χ3n) is 3.28. The van der Waals surface area contributed by atoms with Crippen LogP contribution in [0, 0.1) is 0 Å². The lowest BCUT2D eigenvalue weighted by Crippen LogP contribution is -2.30. The molecule has 1 atom stereocenters. The predicted octanol–water partition coefficient (Wildman–Crippen LogP) is 4.18.